The van der Waals surface area contributed by atoms with Crippen molar-refractivity contribution in [2.24, 2.45) is 11.5 Å². The third kappa shape index (κ3) is 1.55. The van der Waals surface area contributed by atoms with E-state index in [0.717, 1.165) is 0 Å². The fourth-order valence-electron chi connectivity index (χ4n) is 0.889. The van der Waals surface area contributed by atoms with Crippen LogP contribution in [-0.2, 0) is 0 Å². The number of rotatable bonds is 1. The third-order valence-corrected chi connectivity index (χ3v) is 1.44. The van der Waals surface area contributed by atoms with Crippen LogP contribution in [0.3, 0.4) is 0 Å². The molecule has 0 saturated heterocycles. The monoisotopic (exact) mass is 147 g/mol. The lowest BCUT2D eigenvalue weighted by Gasteiger charge is -2.05. The Balaban J connectivity index is 3.15. The minimum atomic E-state index is -0.564. The first-order chi connectivity index (χ1) is 5.25. The predicted octanol–water partition coefficient (Wildman–Crippen LogP) is 0.474. The summed E-state index contributed by atoms with van der Waals surface area (Å²) in [7, 11) is 0. The average Bonchev–Trinajstić information content (AvgIpc) is 2.04. The average molecular weight is 147 g/mol. The fraction of sp³-hybridized carbons (Fsp3) is 0.125. The lowest BCUT2D eigenvalue weighted by atomic mass is 10.1. The molecule has 0 amide bonds. The van der Waals surface area contributed by atoms with Crippen LogP contribution in [0.5, 0.6) is 0 Å². The normalized spacial score (nSPS) is 9.64. The Hall–Kier alpha value is -1.37. The third-order valence-electron chi connectivity index (χ3n) is 1.44. The number of hydrogen-bond donors (Lipinski definition) is 2. The van der Waals surface area contributed by atoms with Crippen molar-refractivity contribution in [3.8, 4) is 6.07 Å². The van der Waals surface area contributed by atoms with Crippen LogP contribution in [0.1, 0.15) is 17.3 Å². The Kier molecular flexibility index (Phi) is 2.21. The maximum absolute atomic E-state index is 8.61. The van der Waals surface area contributed by atoms with Gasteiger partial charge in [0.1, 0.15) is 0 Å². The topological polar surface area (TPSA) is 75.8 Å². The smallest absolute Gasteiger partial charge is 0.0995 e. The number of hydrogen-bond acceptors (Lipinski definition) is 3. The van der Waals surface area contributed by atoms with Gasteiger partial charge in [0.15, 0.2) is 0 Å². The van der Waals surface area contributed by atoms with E-state index in [1.807, 2.05) is 12.1 Å². The van der Waals surface area contributed by atoms with Gasteiger partial charge in [-0.15, -0.1) is 0 Å². The van der Waals surface area contributed by atoms with Gasteiger partial charge < -0.3 is 11.5 Å². The van der Waals surface area contributed by atoms with Crippen LogP contribution in [0, 0.1) is 11.3 Å². The second-order valence-electron chi connectivity index (χ2n) is 2.22. The number of nitrogens with zero attached hydrogens (tertiary/aromatic N) is 1. The zero-order valence-electron chi connectivity index (χ0n) is 5.99. The quantitative estimate of drug-likeness (QED) is 0.567. The van der Waals surface area contributed by atoms with Crippen LogP contribution in [0.15, 0.2) is 24.3 Å². The van der Waals surface area contributed by atoms with Crippen molar-refractivity contribution in [3.63, 3.8) is 0 Å². The van der Waals surface area contributed by atoms with Gasteiger partial charge >= 0.3 is 0 Å². The van der Waals surface area contributed by atoms with E-state index in [9.17, 15) is 0 Å². The number of nitriles is 1. The van der Waals surface area contributed by atoms with Crippen molar-refractivity contribution in [1.82, 2.24) is 0 Å². The molecular formula is C8H9N3. The predicted molar refractivity (Wildman–Crippen MR) is 42.3 cm³/mol. The highest BCUT2D eigenvalue weighted by molar-refractivity contribution is 5.38. The summed E-state index contributed by atoms with van der Waals surface area (Å²) in [6, 6.07) is 9.06. The Bertz CT molecular complexity index is 286. The van der Waals surface area contributed by atoms with Crippen molar-refractivity contribution >= 4 is 0 Å². The van der Waals surface area contributed by atoms with Crippen LogP contribution >= 0.6 is 0 Å². The van der Waals surface area contributed by atoms with Gasteiger partial charge in [-0.1, -0.05) is 18.2 Å². The van der Waals surface area contributed by atoms with Gasteiger partial charge in [0.25, 0.3) is 0 Å². The molecular weight excluding hydrogens is 138 g/mol. The molecule has 11 heavy (non-hydrogen) atoms. The van der Waals surface area contributed by atoms with Crippen molar-refractivity contribution in [2.75, 3.05) is 0 Å². The highest BCUT2D eigenvalue weighted by atomic mass is 14.8. The zero-order chi connectivity index (χ0) is 8.27. The molecule has 0 aliphatic heterocycles. The second kappa shape index (κ2) is 3.15. The van der Waals surface area contributed by atoms with Gasteiger partial charge in [-0.3, -0.25) is 0 Å². The van der Waals surface area contributed by atoms with Crippen LogP contribution in [-0.4, -0.2) is 0 Å². The van der Waals surface area contributed by atoms with Crippen LogP contribution < -0.4 is 11.5 Å². The van der Waals surface area contributed by atoms with E-state index in [4.69, 9.17) is 16.7 Å². The van der Waals surface area contributed by atoms with E-state index in [1.165, 1.54) is 0 Å². The molecule has 0 spiro atoms. The first kappa shape index (κ1) is 7.73. The maximum atomic E-state index is 8.61. The molecule has 0 bridgehead atoms. The molecule has 0 aromatic heterocycles. The molecule has 1 rings (SSSR count). The summed E-state index contributed by atoms with van der Waals surface area (Å²) in [5, 5.41) is 8.61. The summed E-state index contributed by atoms with van der Waals surface area (Å²) in [6.07, 6.45) is -0.564. The van der Waals surface area contributed by atoms with Gasteiger partial charge in [0.05, 0.1) is 17.8 Å². The first-order valence-corrected chi connectivity index (χ1v) is 3.26. The molecule has 3 nitrogen and oxygen atoms in total. The summed E-state index contributed by atoms with van der Waals surface area (Å²) in [5.74, 6) is 0. The minimum absolute atomic E-state index is 0.544. The standard InChI is InChI=1S/C8H9N3/c9-5-6-3-1-2-4-7(6)8(10)11/h1-4,8H,10-11H2. The minimum Gasteiger partial charge on any atom is -0.312 e. The van der Waals surface area contributed by atoms with E-state index in [0.29, 0.717) is 11.1 Å². The van der Waals surface area contributed by atoms with Crippen LogP contribution in [0.25, 0.3) is 0 Å². The lowest BCUT2D eigenvalue weighted by Crippen LogP contribution is -2.21. The number of nitrogens with two attached hydrogens (primary N) is 2. The van der Waals surface area contributed by atoms with Gasteiger partial charge in [-0.2, -0.15) is 5.26 Å². The molecule has 4 N–H and O–H groups in total. The SMILES string of the molecule is N#Cc1ccccc1C(N)N. The van der Waals surface area contributed by atoms with Crippen molar-refractivity contribution < 1.29 is 0 Å². The van der Waals surface area contributed by atoms with E-state index >= 15 is 0 Å². The Morgan fingerprint density at radius 3 is 2.36 bits per heavy atom. The molecule has 0 radical (unpaired) electrons. The molecule has 0 fully saturated rings. The highest BCUT2D eigenvalue weighted by Crippen LogP contribution is 2.10. The Morgan fingerprint density at radius 2 is 1.91 bits per heavy atom. The van der Waals surface area contributed by atoms with E-state index < -0.39 is 6.17 Å². The molecule has 0 atom stereocenters. The largest absolute Gasteiger partial charge is 0.312 e. The molecule has 0 heterocycles. The van der Waals surface area contributed by atoms with Gasteiger partial charge in [0.2, 0.25) is 0 Å². The van der Waals surface area contributed by atoms with Crippen molar-refractivity contribution in [2.45, 2.75) is 6.17 Å². The van der Waals surface area contributed by atoms with Crippen molar-refractivity contribution in [1.29, 1.82) is 5.26 Å². The van der Waals surface area contributed by atoms with Crippen LogP contribution in [0.2, 0.25) is 0 Å². The molecule has 1 aromatic carbocycles. The van der Waals surface area contributed by atoms with Crippen molar-refractivity contribution in [3.05, 3.63) is 35.4 Å². The summed E-state index contributed by atoms with van der Waals surface area (Å²) in [5.41, 5.74) is 12.1. The molecule has 1 aromatic rings. The van der Waals surface area contributed by atoms with E-state index in [1.54, 1.807) is 18.2 Å². The highest BCUT2D eigenvalue weighted by Gasteiger charge is 2.03. The maximum Gasteiger partial charge on any atom is 0.0995 e. The Morgan fingerprint density at radius 1 is 1.27 bits per heavy atom. The summed E-state index contributed by atoms with van der Waals surface area (Å²) in [6.45, 7) is 0. The summed E-state index contributed by atoms with van der Waals surface area (Å²) >= 11 is 0. The van der Waals surface area contributed by atoms with Gasteiger partial charge in [0, 0.05) is 5.56 Å². The van der Waals surface area contributed by atoms with Crippen LogP contribution in [0.4, 0.5) is 0 Å². The molecule has 3 heteroatoms. The molecule has 0 saturated carbocycles. The van der Waals surface area contributed by atoms with E-state index in [2.05, 4.69) is 0 Å². The molecule has 0 aliphatic rings. The second-order valence-corrected chi connectivity index (χ2v) is 2.22. The summed E-state index contributed by atoms with van der Waals surface area (Å²) < 4.78 is 0. The zero-order valence-corrected chi connectivity index (χ0v) is 5.99. The summed E-state index contributed by atoms with van der Waals surface area (Å²) in [4.78, 5) is 0. The first-order valence-electron chi connectivity index (χ1n) is 3.26. The van der Waals surface area contributed by atoms with E-state index in [-0.39, 0.29) is 0 Å². The molecule has 56 valence electrons. The lowest BCUT2D eigenvalue weighted by molar-refractivity contribution is 0.771. The fourth-order valence-corrected chi connectivity index (χ4v) is 0.889. The number of benzene rings is 1. The molecule has 0 aliphatic carbocycles. The van der Waals surface area contributed by atoms with Gasteiger partial charge in [-0.25, -0.2) is 0 Å². The molecule has 0 unspecified atom stereocenters. The van der Waals surface area contributed by atoms with Gasteiger partial charge in [-0.05, 0) is 6.07 Å². The Labute approximate surface area is 65.2 Å².